The first kappa shape index (κ1) is 9.56. The Morgan fingerprint density at radius 1 is 1.43 bits per heavy atom. The Labute approximate surface area is 83.5 Å². The first-order valence-corrected chi connectivity index (χ1v) is 5.17. The van der Waals surface area contributed by atoms with Crippen LogP contribution in [0.3, 0.4) is 0 Å². The number of nitrogens with one attached hydrogen (secondary N) is 1. The smallest absolute Gasteiger partial charge is 0.283 e. The molecule has 0 aromatic carbocycles. The minimum absolute atomic E-state index is 0.0334. The van der Waals surface area contributed by atoms with Crippen molar-refractivity contribution in [2.75, 3.05) is 0 Å². The highest BCUT2D eigenvalue weighted by Gasteiger charge is 2.31. The molecule has 1 aromatic heterocycles. The van der Waals surface area contributed by atoms with Crippen LogP contribution in [0.15, 0.2) is 9.32 Å². The number of aromatic nitrogens is 1. The van der Waals surface area contributed by atoms with E-state index >= 15 is 0 Å². The van der Waals surface area contributed by atoms with E-state index < -0.39 is 0 Å². The Kier molecular flexibility index (Phi) is 2.05. The molecule has 0 fully saturated rings. The Morgan fingerprint density at radius 3 is 2.79 bits per heavy atom. The molecule has 1 atom stereocenters. The summed E-state index contributed by atoms with van der Waals surface area (Å²) in [6, 6.07) is 0. The Bertz CT molecular complexity index is 381. The van der Waals surface area contributed by atoms with Crippen LogP contribution in [0.4, 0.5) is 0 Å². The first-order valence-electron chi connectivity index (χ1n) is 5.17. The summed E-state index contributed by atoms with van der Waals surface area (Å²) in [5.41, 5.74) is 1.12. The molecule has 0 saturated carbocycles. The molecule has 1 heterocycles. The monoisotopic (exact) mass is 195 g/mol. The highest BCUT2D eigenvalue weighted by Crippen LogP contribution is 2.35. The van der Waals surface area contributed by atoms with E-state index in [0.717, 1.165) is 30.6 Å². The average molecular weight is 195 g/mol. The molecule has 0 radical (unpaired) electrons. The second-order valence-corrected chi connectivity index (χ2v) is 5.24. The fourth-order valence-electron chi connectivity index (χ4n) is 2.16. The molecule has 78 valence electrons. The van der Waals surface area contributed by atoms with Gasteiger partial charge >= 0.3 is 0 Å². The van der Waals surface area contributed by atoms with Gasteiger partial charge in [-0.1, -0.05) is 20.8 Å². The molecule has 1 unspecified atom stereocenters. The van der Waals surface area contributed by atoms with Gasteiger partial charge in [0.1, 0.15) is 5.76 Å². The molecule has 3 heteroatoms. The normalized spacial score (nSPS) is 22.1. The molecule has 1 aliphatic carbocycles. The lowest BCUT2D eigenvalue weighted by Gasteiger charge is -2.32. The van der Waals surface area contributed by atoms with E-state index in [2.05, 4.69) is 25.9 Å². The van der Waals surface area contributed by atoms with Crippen molar-refractivity contribution in [2.45, 2.75) is 40.0 Å². The third-order valence-electron chi connectivity index (χ3n) is 3.27. The highest BCUT2D eigenvalue weighted by molar-refractivity contribution is 5.18. The molecule has 0 aliphatic heterocycles. The van der Waals surface area contributed by atoms with E-state index in [9.17, 15) is 4.79 Å². The number of H-pyrrole nitrogens is 1. The lowest BCUT2D eigenvalue weighted by molar-refractivity contribution is 0.206. The van der Waals surface area contributed by atoms with E-state index in [-0.39, 0.29) is 11.0 Å². The summed E-state index contributed by atoms with van der Waals surface area (Å²) in [5, 5.41) is 2.42. The van der Waals surface area contributed by atoms with Crippen LogP contribution in [0.5, 0.6) is 0 Å². The summed E-state index contributed by atoms with van der Waals surface area (Å²) in [6.07, 6.45) is 2.89. The Hall–Kier alpha value is -0.990. The van der Waals surface area contributed by atoms with Gasteiger partial charge in [0.2, 0.25) is 0 Å². The molecule has 0 amide bonds. The number of rotatable bonds is 0. The predicted octanol–water partition coefficient (Wildman–Crippen LogP) is 2.12. The second-order valence-electron chi connectivity index (χ2n) is 5.24. The molecular weight excluding hydrogens is 178 g/mol. The summed E-state index contributed by atoms with van der Waals surface area (Å²) in [7, 11) is 0. The third kappa shape index (κ3) is 1.51. The van der Waals surface area contributed by atoms with E-state index in [1.807, 2.05) is 0 Å². The van der Waals surface area contributed by atoms with Crippen LogP contribution in [0, 0.1) is 11.3 Å². The van der Waals surface area contributed by atoms with E-state index in [1.54, 1.807) is 0 Å². The molecule has 2 rings (SSSR count). The number of aromatic amines is 1. The van der Waals surface area contributed by atoms with Gasteiger partial charge in [0.05, 0.1) is 5.56 Å². The lowest BCUT2D eigenvalue weighted by atomic mass is 9.72. The first-order chi connectivity index (χ1) is 6.48. The van der Waals surface area contributed by atoms with Crippen molar-refractivity contribution in [1.82, 2.24) is 5.16 Å². The van der Waals surface area contributed by atoms with E-state index in [1.165, 1.54) is 0 Å². The van der Waals surface area contributed by atoms with Crippen LogP contribution >= 0.6 is 0 Å². The number of hydrogen-bond acceptors (Lipinski definition) is 2. The van der Waals surface area contributed by atoms with Crippen LogP contribution in [0.25, 0.3) is 0 Å². The zero-order chi connectivity index (χ0) is 10.3. The minimum Gasteiger partial charge on any atom is -0.383 e. The van der Waals surface area contributed by atoms with Gasteiger partial charge in [0.25, 0.3) is 5.56 Å². The molecule has 1 aliphatic rings. The van der Waals surface area contributed by atoms with Gasteiger partial charge in [-0.25, -0.2) is 0 Å². The van der Waals surface area contributed by atoms with Gasteiger partial charge in [0.15, 0.2) is 0 Å². The zero-order valence-electron chi connectivity index (χ0n) is 9.02. The number of aryl methyl sites for hydroxylation is 1. The summed E-state index contributed by atoms with van der Waals surface area (Å²) in [5.74, 6) is 1.46. The summed E-state index contributed by atoms with van der Waals surface area (Å²) < 4.78 is 5.11. The maximum Gasteiger partial charge on any atom is 0.283 e. The van der Waals surface area contributed by atoms with Gasteiger partial charge in [-0.15, -0.1) is 0 Å². The predicted molar refractivity (Wildman–Crippen MR) is 54.3 cm³/mol. The number of fused-ring (bicyclic) bond motifs is 1. The van der Waals surface area contributed by atoms with Crippen molar-refractivity contribution < 1.29 is 4.52 Å². The molecule has 3 nitrogen and oxygen atoms in total. The Morgan fingerprint density at radius 2 is 2.14 bits per heavy atom. The van der Waals surface area contributed by atoms with Crippen LogP contribution in [-0.2, 0) is 12.8 Å². The molecular formula is C11H17NO2. The van der Waals surface area contributed by atoms with Crippen LogP contribution in [-0.4, -0.2) is 5.16 Å². The fraction of sp³-hybridized carbons (Fsp3) is 0.727. The zero-order valence-corrected chi connectivity index (χ0v) is 9.02. The van der Waals surface area contributed by atoms with Crippen LogP contribution in [0.2, 0.25) is 0 Å². The maximum absolute atomic E-state index is 11.4. The van der Waals surface area contributed by atoms with Gasteiger partial charge in [-0.2, -0.15) is 5.16 Å². The third-order valence-corrected chi connectivity index (χ3v) is 3.27. The van der Waals surface area contributed by atoms with Crippen molar-refractivity contribution in [3.05, 3.63) is 21.7 Å². The molecule has 0 saturated heterocycles. The van der Waals surface area contributed by atoms with Crippen molar-refractivity contribution in [2.24, 2.45) is 11.3 Å². The summed E-state index contributed by atoms with van der Waals surface area (Å²) >= 11 is 0. The van der Waals surface area contributed by atoms with Gasteiger partial charge < -0.3 is 4.52 Å². The van der Waals surface area contributed by atoms with Gasteiger partial charge in [0, 0.05) is 6.42 Å². The van der Waals surface area contributed by atoms with E-state index in [4.69, 9.17) is 4.52 Å². The summed E-state index contributed by atoms with van der Waals surface area (Å²) in [6.45, 7) is 6.70. The molecule has 0 spiro atoms. The largest absolute Gasteiger partial charge is 0.383 e. The molecule has 1 aromatic rings. The number of hydrogen-bond donors (Lipinski definition) is 1. The van der Waals surface area contributed by atoms with Gasteiger partial charge in [-0.05, 0) is 24.2 Å². The van der Waals surface area contributed by atoms with Crippen molar-refractivity contribution in [1.29, 1.82) is 0 Å². The average Bonchev–Trinajstić information content (AvgIpc) is 2.46. The summed E-state index contributed by atoms with van der Waals surface area (Å²) in [4.78, 5) is 11.4. The van der Waals surface area contributed by atoms with Crippen LogP contribution in [0.1, 0.15) is 38.5 Å². The fourth-order valence-corrected chi connectivity index (χ4v) is 2.16. The lowest BCUT2D eigenvalue weighted by Crippen LogP contribution is -2.28. The van der Waals surface area contributed by atoms with E-state index in [0.29, 0.717) is 5.92 Å². The maximum atomic E-state index is 11.4. The molecule has 14 heavy (non-hydrogen) atoms. The van der Waals surface area contributed by atoms with Crippen molar-refractivity contribution in [3.63, 3.8) is 0 Å². The second kappa shape index (κ2) is 3.01. The SMILES string of the molecule is CC(C)(C)C1CCc2o[nH]c(=O)c2C1. The highest BCUT2D eigenvalue weighted by atomic mass is 16.5. The van der Waals surface area contributed by atoms with Crippen molar-refractivity contribution in [3.8, 4) is 0 Å². The topological polar surface area (TPSA) is 46.0 Å². The van der Waals surface area contributed by atoms with Gasteiger partial charge in [-0.3, -0.25) is 4.79 Å². The Balaban J connectivity index is 2.29. The molecule has 1 N–H and O–H groups in total. The quantitative estimate of drug-likeness (QED) is 0.689. The van der Waals surface area contributed by atoms with Crippen molar-refractivity contribution >= 4 is 0 Å². The van der Waals surface area contributed by atoms with Crippen LogP contribution < -0.4 is 5.56 Å². The standard InChI is InChI=1S/C11H17NO2/c1-11(2,3)7-4-5-9-8(6-7)10(13)12-14-9/h7H,4-6H2,1-3H3,(H,12,13). The minimum atomic E-state index is -0.0334. The molecule has 0 bridgehead atoms.